The van der Waals surface area contributed by atoms with Crippen molar-refractivity contribution in [3.8, 4) is 0 Å². The number of sulfonamides is 1. The largest absolute Gasteiger partial charge is 0.297 e. The topological polar surface area (TPSA) is 91.0 Å². The van der Waals surface area contributed by atoms with Crippen molar-refractivity contribution in [2.24, 2.45) is 0 Å². The monoisotopic (exact) mass is 335 g/mol. The van der Waals surface area contributed by atoms with Gasteiger partial charge in [0.15, 0.2) is 0 Å². The third-order valence-corrected chi connectivity index (χ3v) is 4.58. The van der Waals surface area contributed by atoms with Crippen molar-refractivity contribution >= 4 is 15.7 Å². The molecule has 1 saturated heterocycles. The molecule has 3 heterocycles. The first kappa shape index (κ1) is 15.9. The minimum Gasteiger partial charge on any atom is -0.297 e. The maximum absolute atomic E-state index is 11.5. The van der Waals surface area contributed by atoms with Gasteiger partial charge in [0.05, 0.1) is 29.5 Å². The maximum atomic E-state index is 11.5. The molecule has 0 spiro atoms. The second-order valence-corrected chi connectivity index (χ2v) is 7.72. The molecule has 23 heavy (non-hydrogen) atoms. The molecule has 0 bridgehead atoms. The molecule has 0 aliphatic carbocycles. The zero-order valence-corrected chi connectivity index (χ0v) is 13.9. The van der Waals surface area contributed by atoms with Gasteiger partial charge in [-0.05, 0) is 31.5 Å². The lowest BCUT2D eigenvalue weighted by atomic mass is 9.94. The Morgan fingerprint density at radius 3 is 3.04 bits per heavy atom. The second kappa shape index (κ2) is 6.67. The number of rotatable bonds is 5. The van der Waals surface area contributed by atoms with E-state index in [4.69, 9.17) is 0 Å². The molecule has 1 atom stereocenters. The Morgan fingerprint density at radius 1 is 1.43 bits per heavy atom. The predicted molar refractivity (Wildman–Crippen MR) is 88.5 cm³/mol. The van der Waals surface area contributed by atoms with E-state index in [1.807, 2.05) is 18.2 Å². The molecule has 1 fully saturated rings. The van der Waals surface area contributed by atoms with Crippen LogP contribution in [0.2, 0.25) is 0 Å². The normalized spacial score (nSPS) is 19.6. The molecule has 3 rings (SSSR count). The zero-order valence-electron chi connectivity index (χ0n) is 13.1. The number of nitrogens with one attached hydrogen (secondary N) is 2. The molecule has 8 heteroatoms. The molecule has 1 aliphatic heterocycles. The number of anilines is 1. The van der Waals surface area contributed by atoms with Crippen molar-refractivity contribution in [1.29, 1.82) is 0 Å². The highest BCUT2D eigenvalue weighted by Gasteiger charge is 2.25. The number of nitrogens with zero attached hydrogens (tertiary/aromatic N) is 3. The van der Waals surface area contributed by atoms with Crippen LogP contribution in [-0.4, -0.2) is 47.8 Å². The summed E-state index contributed by atoms with van der Waals surface area (Å²) in [5, 5.41) is 6.97. The summed E-state index contributed by atoms with van der Waals surface area (Å²) >= 11 is 0. The zero-order chi connectivity index (χ0) is 16.3. The number of aromatic amines is 1. The summed E-state index contributed by atoms with van der Waals surface area (Å²) in [6.45, 7) is 2.69. The average molecular weight is 335 g/mol. The Morgan fingerprint density at radius 2 is 2.30 bits per heavy atom. The first-order chi connectivity index (χ1) is 11.0. The molecular weight excluding hydrogens is 314 g/mol. The molecule has 2 aromatic rings. The van der Waals surface area contributed by atoms with E-state index in [2.05, 4.69) is 24.8 Å². The molecule has 0 amide bonds. The first-order valence-electron chi connectivity index (χ1n) is 7.64. The van der Waals surface area contributed by atoms with Crippen LogP contribution in [0.3, 0.4) is 0 Å². The van der Waals surface area contributed by atoms with Gasteiger partial charge in [-0.2, -0.15) is 5.10 Å². The van der Waals surface area contributed by atoms with Gasteiger partial charge in [-0.1, -0.05) is 6.07 Å². The summed E-state index contributed by atoms with van der Waals surface area (Å²) in [4.78, 5) is 6.72. The van der Waals surface area contributed by atoms with E-state index in [1.165, 1.54) is 6.20 Å². The Bertz CT molecular complexity index is 744. The molecule has 1 aliphatic rings. The van der Waals surface area contributed by atoms with Crippen molar-refractivity contribution in [2.45, 2.75) is 25.3 Å². The Kier molecular flexibility index (Phi) is 4.63. The van der Waals surface area contributed by atoms with Gasteiger partial charge < -0.3 is 0 Å². The Balaban J connectivity index is 1.70. The standard InChI is InChI=1S/C15H21N5O2S/c1-23(21,22)19-14-9-17-18-15(14)12-5-4-8-20(10-12)11-13-6-2-3-7-16-13/h2-3,6-7,9,12,19H,4-5,8,10-11H2,1H3,(H,17,18). The van der Waals surface area contributed by atoms with Crippen LogP contribution in [0.25, 0.3) is 0 Å². The SMILES string of the molecule is CS(=O)(=O)Nc1cn[nH]c1C1CCCN(Cc2ccccn2)C1. The summed E-state index contributed by atoms with van der Waals surface area (Å²) in [7, 11) is -3.30. The van der Waals surface area contributed by atoms with Gasteiger partial charge in [-0.25, -0.2) is 8.42 Å². The second-order valence-electron chi connectivity index (χ2n) is 5.97. The minimum absolute atomic E-state index is 0.235. The lowest BCUT2D eigenvalue weighted by Gasteiger charge is -2.32. The van der Waals surface area contributed by atoms with Crippen LogP contribution in [0, 0.1) is 0 Å². The van der Waals surface area contributed by atoms with Crippen molar-refractivity contribution < 1.29 is 8.42 Å². The van der Waals surface area contributed by atoms with Gasteiger partial charge in [-0.3, -0.25) is 19.7 Å². The third kappa shape index (κ3) is 4.29. The van der Waals surface area contributed by atoms with Crippen LogP contribution in [0.15, 0.2) is 30.6 Å². The van der Waals surface area contributed by atoms with Gasteiger partial charge in [0.2, 0.25) is 10.0 Å². The van der Waals surface area contributed by atoms with E-state index in [0.29, 0.717) is 5.69 Å². The molecule has 7 nitrogen and oxygen atoms in total. The molecule has 2 N–H and O–H groups in total. The number of aromatic nitrogens is 3. The average Bonchev–Trinajstić information content (AvgIpc) is 2.94. The molecular formula is C15H21N5O2S. The van der Waals surface area contributed by atoms with Crippen LogP contribution in [0.4, 0.5) is 5.69 Å². The maximum Gasteiger partial charge on any atom is 0.229 e. The smallest absolute Gasteiger partial charge is 0.229 e. The number of hydrogen-bond donors (Lipinski definition) is 2. The number of pyridine rings is 1. The van der Waals surface area contributed by atoms with Crippen LogP contribution in [0.5, 0.6) is 0 Å². The van der Waals surface area contributed by atoms with Gasteiger partial charge in [0.25, 0.3) is 0 Å². The Hall–Kier alpha value is -1.93. The highest BCUT2D eigenvalue weighted by atomic mass is 32.2. The van der Waals surface area contributed by atoms with Crippen LogP contribution in [0.1, 0.15) is 30.1 Å². The third-order valence-electron chi connectivity index (χ3n) is 3.99. The molecule has 124 valence electrons. The number of H-pyrrole nitrogens is 1. The molecule has 1 unspecified atom stereocenters. The highest BCUT2D eigenvalue weighted by molar-refractivity contribution is 7.92. The van der Waals surface area contributed by atoms with Gasteiger partial charge in [-0.15, -0.1) is 0 Å². The van der Waals surface area contributed by atoms with E-state index >= 15 is 0 Å². The quantitative estimate of drug-likeness (QED) is 0.865. The number of piperidine rings is 1. The van der Waals surface area contributed by atoms with Gasteiger partial charge >= 0.3 is 0 Å². The Labute approximate surface area is 136 Å². The van der Waals surface area contributed by atoms with E-state index in [0.717, 1.165) is 50.1 Å². The predicted octanol–water partition coefficient (Wildman–Crippen LogP) is 1.56. The fourth-order valence-electron chi connectivity index (χ4n) is 3.04. The van der Waals surface area contributed by atoms with Crippen molar-refractivity contribution in [3.05, 3.63) is 42.0 Å². The van der Waals surface area contributed by atoms with E-state index in [1.54, 1.807) is 6.20 Å². The van der Waals surface area contributed by atoms with Crippen LogP contribution in [-0.2, 0) is 16.6 Å². The summed E-state index contributed by atoms with van der Waals surface area (Å²) in [6, 6.07) is 5.93. The minimum atomic E-state index is -3.30. The van der Waals surface area contributed by atoms with Gasteiger partial charge in [0, 0.05) is 25.2 Å². The molecule has 0 radical (unpaired) electrons. The first-order valence-corrected chi connectivity index (χ1v) is 9.54. The molecule has 0 aromatic carbocycles. The van der Waals surface area contributed by atoms with Crippen molar-refractivity contribution in [3.63, 3.8) is 0 Å². The number of likely N-dealkylation sites (tertiary alicyclic amines) is 1. The van der Waals surface area contributed by atoms with E-state index in [9.17, 15) is 8.42 Å². The van der Waals surface area contributed by atoms with Gasteiger partial charge in [0.1, 0.15) is 0 Å². The summed E-state index contributed by atoms with van der Waals surface area (Å²) < 4.78 is 25.5. The summed E-state index contributed by atoms with van der Waals surface area (Å²) in [5.41, 5.74) is 2.46. The molecule has 2 aromatic heterocycles. The van der Waals surface area contributed by atoms with E-state index < -0.39 is 10.0 Å². The fraction of sp³-hybridized carbons (Fsp3) is 0.467. The van der Waals surface area contributed by atoms with E-state index in [-0.39, 0.29) is 5.92 Å². The molecule has 0 saturated carbocycles. The number of hydrogen-bond acceptors (Lipinski definition) is 5. The summed E-state index contributed by atoms with van der Waals surface area (Å²) in [5.74, 6) is 0.235. The summed E-state index contributed by atoms with van der Waals surface area (Å²) in [6.07, 6.45) is 6.57. The van der Waals surface area contributed by atoms with Crippen molar-refractivity contribution in [2.75, 3.05) is 24.1 Å². The van der Waals surface area contributed by atoms with Crippen molar-refractivity contribution in [1.82, 2.24) is 20.1 Å². The fourth-order valence-corrected chi connectivity index (χ4v) is 3.61. The lowest BCUT2D eigenvalue weighted by Crippen LogP contribution is -2.34. The lowest BCUT2D eigenvalue weighted by molar-refractivity contribution is 0.196. The van der Waals surface area contributed by atoms with Crippen LogP contribution >= 0.6 is 0 Å². The van der Waals surface area contributed by atoms with Crippen LogP contribution < -0.4 is 4.72 Å². The highest BCUT2D eigenvalue weighted by Crippen LogP contribution is 2.31.